The van der Waals surface area contributed by atoms with Crippen molar-refractivity contribution in [3.63, 3.8) is 0 Å². The van der Waals surface area contributed by atoms with E-state index in [1.54, 1.807) is 18.3 Å². The van der Waals surface area contributed by atoms with Crippen LogP contribution in [0, 0.1) is 23.2 Å². The summed E-state index contributed by atoms with van der Waals surface area (Å²) in [6.45, 7) is 4.94. The summed E-state index contributed by atoms with van der Waals surface area (Å²) >= 11 is 14.0. The molecule has 0 atom stereocenters. The Morgan fingerprint density at radius 1 is 1.19 bits per heavy atom. The summed E-state index contributed by atoms with van der Waals surface area (Å²) in [6, 6.07) is 7.48. The number of nitrogens with zero attached hydrogens (tertiary/aromatic N) is 4. The summed E-state index contributed by atoms with van der Waals surface area (Å²) in [5, 5.41) is 14.6. The number of aromatic nitrogens is 1. The third-order valence-electron chi connectivity index (χ3n) is 5.29. The molecule has 164 valence electrons. The summed E-state index contributed by atoms with van der Waals surface area (Å²) in [6.07, 6.45) is 1.56. The normalized spacial score (nSPS) is 14.6. The van der Waals surface area contributed by atoms with Crippen LogP contribution in [0.1, 0.15) is 10.4 Å². The molecule has 0 amide bonds. The van der Waals surface area contributed by atoms with Crippen LogP contribution in [0.5, 0.6) is 5.75 Å². The Morgan fingerprint density at radius 2 is 1.97 bits per heavy atom. The lowest BCUT2D eigenvalue weighted by molar-refractivity contribution is 0.168. The number of rotatable bonds is 4. The number of ether oxygens (including phenoxy) is 1. The first-order valence-electron chi connectivity index (χ1n) is 10.0. The highest BCUT2D eigenvalue weighted by Gasteiger charge is 2.16. The van der Waals surface area contributed by atoms with Crippen LogP contribution in [0.2, 0.25) is 10.0 Å². The van der Waals surface area contributed by atoms with E-state index >= 15 is 0 Å². The molecule has 1 fully saturated rings. The van der Waals surface area contributed by atoms with Crippen molar-refractivity contribution in [1.82, 2.24) is 14.8 Å². The third kappa shape index (κ3) is 4.94. The van der Waals surface area contributed by atoms with E-state index in [1.165, 1.54) is 18.4 Å². The molecule has 9 heteroatoms. The number of anilines is 2. The van der Waals surface area contributed by atoms with E-state index in [9.17, 15) is 5.26 Å². The van der Waals surface area contributed by atoms with E-state index in [-0.39, 0.29) is 0 Å². The quantitative estimate of drug-likeness (QED) is 0.534. The maximum atomic E-state index is 9.64. The Morgan fingerprint density at radius 3 is 2.69 bits per heavy atom. The molecule has 6 nitrogen and oxygen atoms in total. The average molecular weight is 486 g/mol. The number of nitriles is 1. The molecule has 0 radical (unpaired) electrons. The third-order valence-corrected chi connectivity index (χ3v) is 6.86. The van der Waals surface area contributed by atoms with Crippen molar-refractivity contribution >= 4 is 56.1 Å². The minimum Gasteiger partial charge on any atom is -0.495 e. The van der Waals surface area contributed by atoms with Crippen molar-refractivity contribution in [2.45, 2.75) is 0 Å². The minimum absolute atomic E-state index is 0.414. The molecular weight excluding hydrogens is 465 g/mol. The number of hydrogen-bond acceptors (Lipinski definition) is 7. The summed E-state index contributed by atoms with van der Waals surface area (Å²) in [5.74, 6) is 7.02. The highest BCUT2D eigenvalue weighted by molar-refractivity contribution is 7.19. The molecule has 0 aliphatic carbocycles. The molecule has 32 heavy (non-hydrogen) atoms. The maximum Gasteiger partial charge on any atom is 0.139 e. The van der Waals surface area contributed by atoms with Gasteiger partial charge in [0.1, 0.15) is 16.6 Å². The summed E-state index contributed by atoms with van der Waals surface area (Å²) in [4.78, 5) is 10.8. The topological polar surface area (TPSA) is 64.4 Å². The van der Waals surface area contributed by atoms with E-state index < -0.39 is 0 Å². The van der Waals surface area contributed by atoms with E-state index in [0.29, 0.717) is 32.7 Å². The lowest BCUT2D eigenvalue weighted by atomic mass is 10.1. The van der Waals surface area contributed by atoms with Gasteiger partial charge in [-0.2, -0.15) is 5.26 Å². The zero-order valence-electron chi connectivity index (χ0n) is 17.7. The summed E-state index contributed by atoms with van der Waals surface area (Å²) in [7, 11) is 3.68. The molecule has 0 bridgehead atoms. The molecule has 3 aromatic rings. The Kier molecular flexibility index (Phi) is 7.05. The number of likely N-dealkylation sites (N-methyl/N-ethyl adjacent to an activating group) is 1. The van der Waals surface area contributed by atoms with Crippen LogP contribution in [0.25, 0.3) is 10.2 Å². The smallest absolute Gasteiger partial charge is 0.139 e. The molecular formula is C23H21Cl2N5OS. The van der Waals surface area contributed by atoms with Crippen LogP contribution in [0.3, 0.4) is 0 Å². The van der Waals surface area contributed by atoms with E-state index in [0.717, 1.165) is 47.8 Å². The first-order chi connectivity index (χ1) is 15.5. The highest BCUT2D eigenvalue weighted by Crippen LogP contribution is 2.39. The van der Waals surface area contributed by atoms with Gasteiger partial charge in [0.15, 0.2) is 0 Å². The molecule has 0 unspecified atom stereocenters. The predicted molar refractivity (Wildman–Crippen MR) is 131 cm³/mol. The molecule has 1 N–H and O–H groups in total. The average Bonchev–Trinajstić information content (AvgIpc) is 3.20. The maximum absolute atomic E-state index is 9.64. The van der Waals surface area contributed by atoms with Gasteiger partial charge in [0, 0.05) is 43.8 Å². The molecule has 2 aromatic heterocycles. The van der Waals surface area contributed by atoms with Crippen LogP contribution < -0.4 is 10.1 Å². The highest BCUT2D eigenvalue weighted by atomic mass is 35.5. The number of halogens is 2. The van der Waals surface area contributed by atoms with Crippen molar-refractivity contribution in [3.8, 4) is 23.7 Å². The zero-order chi connectivity index (χ0) is 22.7. The van der Waals surface area contributed by atoms with E-state index in [4.69, 9.17) is 27.9 Å². The van der Waals surface area contributed by atoms with Crippen LogP contribution in [0.15, 0.2) is 24.4 Å². The molecule has 1 saturated heterocycles. The fourth-order valence-corrected chi connectivity index (χ4v) is 4.82. The molecule has 0 spiro atoms. The van der Waals surface area contributed by atoms with Crippen molar-refractivity contribution < 1.29 is 4.74 Å². The minimum atomic E-state index is 0.414. The van der Waals surface area contributed by atoms with Gasteiger partial charge >= 0.3 is 0 Å². The number of fused-ring (bicyclic) bond motifs is 1. The van der Waals surface area contributed by atoms with Crippen molar-refractivity contribution in [1.29, 1.82) is 5.26 Å². The fourth-order valence-electron chi connectivity index (χ4n) is 3.43. The number of pyridine rings is 1. The zero-order valence-corrected chi connectivity index (χ0v) is 20.0. The number of nitrogens with one attached hydrogen (secondary N) is 1. The Bertz CT molecular complexity index is 1250. The fraction of sp³-hybridized carbons (Fsp3) is 0.304. The largest absolute Gasteiger partial charge is 0.495 e. The van der Waals surface area contributed by atoms with Crippen LogP contribution in [0.4, 0.5) is 11.4 Å². The van der Waals surface area contributed by atoms with Crippen LogP contribution in [-0.4, -0.2) is 61.7 Å². The first kappa shape index (κ1) is 22.7. The number of thiophene rings is 1. The SMILES string of the molecule is COc1cc(Nc2c(C#N)cnc3sc(C#CCN4CCN(C)CC4)cc23)c(Cl)cc1Cl. The van der Waals surface area contributed by atoms with Crippen molar-refractivity contribution in [2.24, 2.45) is 0 Å². The molecule has 3 heterocycles. The lowest BCUT2D eigenvalue weighted by Crippen LogP contribution is -2.44. The van der Waals surface area contributed by atoms with Gasteiger partial charge in [-0.15, -0.1) is 11.3 Å². The van der Waals surface area contributed by atoms with Crippen LogP contribution in [-0.2, 0) is 0 Å². The molecule has 1 aliphatic rings. The van der Waals surface area contributed by atoms with Gasteiger partial charge in [-0.25, -0.2) is 4.98 Å². The summed E-state index contributed by atoms with van der Waals surface area (Å²) < 4.78 is 5.30. The second kappa shape index (κ2) is 9.95. The van der Waals surface area contributed by atoms with Gasteiger partial charge in [0.25, 0.3) is 0 Å². The second-order valence-electron chi connectivity index (χ2n) is 7.46. The molecule has 1 aromatic carbocycles. The first-order valence-corrected chi connectivity index (χ1v) is 11.6. The van der Waals surface area contributed by atoms with E-state index in [1.807, 2.05) is 6.07 Å². The van der Waals surface area contributed by atoms with Gasteiger partial charge in [-0.1, -0.05) is 35.0 Å². The number of methoxy groups -OCH3 is 1. The number of hydrogen-bond donors (Lipinski definition) is 1. The van der Waals surface area contributed by atoms with Crippen molar-refractivity contribution in [2.75, 3.05) is 52.2 Å². The van der Waals surface area contributed by atoms with Crippen LogP contribution >= 0.6 is 34.5 Å². The molecule has 1 aliphatic heterocycles. The van der Waals surface area contributed by atoms with Gasteiger partial charge in [0.2, 0.25) is 0 Å². The van der Waals surface area contributed by atoms with Gasteiger partial charge < -0.3 is 15.0 Å². The van der Waals surface area contributed by atoms with Gasteiger partial charge in [0.05, 0.1) is 45.5 Å². The van der Waals surface area contributed by atoms with Gasteiger partial charge in [-0.3, -0.25) is 4.90 Å². The Labute approximate surface area is 201 Å². The second-order valence-corrected chi connectivity index (χ2v) is 9.31. The Hall–Kier alpha value is -2.52. The summed E-state index contributed by atoms with van der Waals surface area (Å²) in [5.41, 5.74) is 1.63. The van der Waals surface area contributed by atoms with E-state index in [2.05, 4.69) is 45.1 Å². The Balaban J connectivity index is 1.63. The predicted octanol–water partition coefficient (Wildman–Crippen LogP) is 4.83. The standard InChI is InChI=1S/C23H21Cl2N5OS/c1-29-6-8-30(9-7-29)5-3-4-16-10-17-22(15(13-26)14-27-23(17)32-16)28-20-12-21(31-2)19(25)11-18(20)24/h10-12,14H,5-9H2,1-2H3,(H,27,28). The lowest BCUT2D eigenvalue weighted by Gasteiger charge is -2.30. The van der Waals surface area contributed by atoms with Gasteiger partial charge in [-0.05, 0) is 19.2 Å². The molecule has 0 saturated carbocycles. The monoisotopic (exact) mass is 485 g/mol. The number of benzene rings is 1. The number of piperazine rings is 1. The molecule has 4 rings (SSSR count). The van der Waals surface area contributed by atoms with Crippen molar-refractivity contribution in [3.05, 3.63) is 44.9 Å².